The molecule has 5 heteroatoms. The topological polar surface area (TPSA) is 66.6 Å². The van der Waals surface area contributed by atoms with Gasteiger partial charge in [0.2, 0.25) is 11.8 Å². The van der Waals surface area contributed by atoms with E-state index in [1.54, 1.807) is 6.92 Å². The molecule has 1 aliphatic heterocycles. The second-order valence-corrected chi connectivity index (χ2v) is 6.21. The highest BCUT2D eigenvalue weighted by Gasteiger charge is 2.26. The predicted octanol–water partition coefficient (Wildman–Crippen LogP) is 0.832. The van der Waals surface area contributed by atoms with Crippen LogP contribution in [0.15, 0.2) is 0 Å². The summed E-state index contributed by atoms with van der Waals surface area (Å²) in [6, 6.07) is 0. The highest BCUT2D eigenvalue weighted by molar-refractivity contribution is 5.77. The Balaban J connectivity index is 1.72. The Kier molecular flexibility index (Phi) is 5.40. The zero-order valence-electron chi connectivity index (χ0n) is 12.5. The van der Waals surface area contributed by atoms with Crippen LogP contribution in [0.4, 0.5) is 0 Å². The van der Waals surface area contributed by atoms with Crippen molar-refractivity contribution in [3.8, 4) is 0 Å². The fourth-order valence-corrected chi connectivity index (χ4v) is 3.32. The summed E-state index contributed by atoms with van der Waals surface area (Å²) in [5.41, 5.74) is 5.70. The van der Waals surface area contributed by atoms with E-state index in [1.165, 1.54) is 12.8 Å². The first-order chi connectivity index (χ1) is 9.60. The van der Waals surface area contributed by atoms with Crippen molar-refractivity contribution in [2.24, 2.45) is 17.6 Å². The Hall–Kier alpha value is -1.10. The average Bonchev–Trinajstić information content (AvgIpc) is 2.48. The molecule has 0 radical (unpaired) electrons. The van der Waals surface area contributed by atoms with Crippen molar-refractivity contribution in [1.29, 1.82) is 0 Å². The monoisotopic (exact) mass is 281 g/mol. The molecular formula is C15H27N3O2. The predicted molar refractivity (Wildman–Crippen MR) is 78.0 cm³/mol. The summed E-state index contributed by atoms with van der Waals surface area (Å²) in [4.78, 5) is 27.3. The highest BCUT2D eigenvalue weighted by atomic mass is 16.2. The van der Waals surface area contributed by atoms with Gasteiger partial charge < -0.3 is 15.5 Å². The summed E-state index contributed by atoms with van der Waals surface area (Å²) in [5, 5.41) is 0. The number of hydrogen-bond acceptors (Lipinski definition) is 3. The van der Waals surface area contributed by atoms with Crippen molar-refractivity contribution in [1.82, 2.24) is 9.80 Å². The molecule has 114 valence electrons. The van der Waals surface area contributed by atoms with E-state index >= 15 is 0 Å². The van der Waals surface area contributed by atoms with Gasteiger partial charge in [0.1, 0.15) is 0 Å². The molecule has 2 N–H and O–H groups in total. The largest absolute Gasteiger partial charge is 0.339 e. The number of amides is 2. The van der Waals surface area contributed by atoms with Gasteiger partial charge >= 0.3 is 0 Å². The SMILES string of the molecule is CC(=O)N1CCN(C(=O)CC2CCC(CN)CC2)CC1. The maximum atomic E-state index is 12.3. The molecule has 0 aromatic rings. The van der Waals surface area contributed by atoms with Crippen LogP contribution < -0.4 is 5.73 Å². The zero-order valence-corrected chi connectivity index (χ0v) is 12.5. The Morgan fingerprint density at radius 3 is 1.95 bits per heavy atom. The number of carbonyl (C=O) groups excluding carboxylic acids is 2. The van der Waals surface area contributed by atoms with Gasteiger partial charge in [-0.1, -0.05) is 0 Å². The van der Waals surface area contributed by atoms with E-state index in [1.807, 2.05) is 9.80 Å². The Labute approximate surface area is 121 Å². The Morgan fingerprint density at radius 2 is 1.45 bits per heavy atom. The molecule has 2 amide bonds. The van der Waals surface area contributed by atoms with E-state index in [9.17, 15) is 9.59 Å². The molecule has 0 spiro atoms. The average molecular weight is 281 g/mol. The fraction of sp³-hybridized carbons (Fsp3) is 0.867. The number of nitrogens with two attached hydrogens (primary N) is 1. The van der Waals surface area contributed by atoms with Gasteiger partial charge in [0.25, 0.3) is 0 Å². The van der Waals surface area contributed by atoms with Crippen LogP contribution in [0.1, 0.15) is 39.0 Å². The van der Waals surface area contributed by atoms with Crippen LogP contribution in [0.25, 0.3) is 0 Å². The second-order valence-electron chi connectivity index (χ2n) is 6.21. The molecule has 1 saturated heterocycles. The molecule has 5 nitrogen and oxygen atoms in total. The van der Waals surface area contributed by atoms with Gasteiger partial charge in [0, 0.05) is 39.5 Å². The minimum absolute atomic E-state index is 0.109. The summed E-state index contributed by atoms with van der Waals surface area (Å²) < 4.78 is 0. The van der Waals surface area contributed by atoms with E-state index < -0.39 is 0 Å². The van der Waals surface area contributed by atoms with Crippen LogP contribution in [-0.4, -0.2) is 54.3 Å². The van der Waals surface area contributed by atoms with E-state index in [2.05, 4.69) is 0 Å². The Morgan fingerprint density at radius 1 is 0.950 bits per heavy atom. The van der Waals surface area contributed by atoms with Gasteiger partial charge in [-0.25, -0.2) is 0 Å². The van der Waals surface area contributed by atoms with Crippen molar-refractivity contribution in [3.05, 3.63) is 0 Å². The maximum Gasteiger partial charge on any atom is 0.222 e. The van der Waals surface area contributed by atoms with Gasteiger partial charge in [-0.05, 0) is 44.1 Å². The van der Waals surface area contributed by atoms with Crippen molar-refractivity contribution in [3.63, 3.8) is 0 Å². The number of piperazine rings is 1. The van der Waals surface area contributed by atoms with Crippen LogP contribution in [-0.2, 0) is 9.59 Å². The van der Waals surface area contributed by atoms with Gasteiger partial charge in [-0.3, -0.25) is 9.59 Å². The third-order valence-electron chi connectivity index (χ3n) is 4.84. The van der Waals surface area contributed by atoms with Crippen LogP contribution in [0.5, 0.6) is 0 Å². The number of nitrogens with zero attached hydrogens (tertiary/aromatic N) is 2. The van der Waals surface area contributed by atoms with Crippen LogP contribution >= 0.6 is 0 Å². The first-order valence-electron chi connectivity index (χ1n) is 7.83. The fourth-order valence-electron chi connectivity index (χ4n) is 3.32. The molecule has 2 aliphatic rings. The molecule has 2 rings (SSSR count). The molecule has 0 aromatic carbocycles. The molecule has 2 fully saturated rings. The van der Waals surface area contributed by atoms with E-state index in [0.29, 0.717) is 44.4 Å². The van der Waals surface area contributed by atoms with Crippen molar-refractivity contribution >= 4 is 11.8 Å². The molecule has 20 heavy (non-hydrogen) atoms. The van der Waals surface area contributed by atoms with Crippen LogP contribution in [0, 0.1) is 11.8 Å². The third-order valence-corrected chi connectivity index (χ3v) is 4.84. The van der Waals surface area contributed by atoms with Crippen molar-refractivity contribution < 1.29 is 9.59 Å². The van der Waals surface area contributed by atoms with Gasteiger partial charge in [-0.15, -0.1) is 0 Å². The number of carbonyl (C=O) groups is 2. The van der Waals surface area contributed by atoms with Crippen molar-refractivity contribution in [2.75, 3.05) is 32.7 Å². The number of hydrogen-bond donors (Lipinski definition) is 1. The summed E-state index contributed by atoms with van der Waals surface area (Å²) in [7, 11) is 0. The zero-order chi connectivity index (χ0) is 14.5. The molecule has 0 aromatic heterocycles. The van der Waals surface area contributed by atoms with Crippen molar-refractivity contribution in [2.45, 2.75) is 39.0 Å². The Bertz CT molecular complexity index is 343. The van der Waals surface area contributed by atoms with E-state index in [0.717, 1.165) is 19.4 Å². The third kappa shape index (κ3) is 3.95. The lowest BCUT2D eigenvalue weighted by molar-refractivity contribution is -0.139. The highest BCUT2D eigenvalue weighted by Crippen LogP contribution is 2.30. The quantitative estimate of drug-likeness (QED) is 0.833. The lowest BCUT2D eigenvalue weighted by Crippen LogP contribution is -2.50. The minimum atomic E-state index is 0.109. The number of rotatable bonds is 3. The smallest absolute Gasteiger partial charge is 0.222 e. The molecular weight excluding hydrogens is 254 g/mol. The lowest BCUT2D eigenvalue weighted by Gasteiger charge is -2.35. The first kappa shape index (κ1) is 15.3. The first-order valence-corrected chi connectivity index (χ1v) is 7.83. The van der Waals surface area contributed by atoms with Gasteiger partial charge in [0.15, 0.2) is 0 Å². The standard InChI is InChI=1S/C15H27N3O2/c1-12(19)17-6-8-18(9-7-17)15(20)10-13-2-4-14(11-16)5-3-13/h13-14H,2-11,16H2,1H3. The lowest BCUT2D eigenvalue weighted by atomic mass is 9.80. The van der Waals surface area contributed by atoms with E-state index in [-0.39, 0.29) is 11.8 Å². The molecule has 1 saturated carbocycles. The normalized spacial score (nSPS) is 27.5. The molecule has 0 unspecified atom stereocenters. The molecule has 0 bridgehead atoms. The second kappa shape index (κ2) is 7.07. The van der Waals surface area contributed by atoms with Crippen LogP contribution in [0.3, 0.4) is 0 Å². The van der Waals surface area contributed by atoms with Gasteiger partial charge in [-0.2, -0.15) is 0 Å². The minimum Gasteiger partial charge on any atom is -0.339 e. The van der Waals surface area contributed by atoms with Crippen LogP contribution in [0.2, 0.25) is 0 Å². The summed E-state index contributed by atoms with van der Waals surface area (Å²) >= 11 is 0. The summed E-state index contributed by atoms with van der Waals surface area (Å²) in [6.07, 6.45) is 5.30. The molecule has 0 atom stereocenters. The summed E-state index contributed by atoms with van der Waals surface area (Å²) in [6.45, 7) is 5.12. The molecule has 1 aliphatic carbocycles. The van der Waals surface area contributed by atoms with Gasteiger partial charge in [0.05, 0.1) is 0 Å². The molecule has 1 heterocycles. The summed E-state index contributed by atoms with van der Waals surface area (Å²) in [5.74, 6) is 1.58. The maximum absolute atomic E-state index is 12.3. The van der Waals surface area contributed by atoms with E-state index in [4.69, 9.17) is 5.73 Å².